The number of β-lactam (4-membered cyclic amide) rings is 1. The van der Waals surface area contributed by atoms with E-state index in [0.29, 0.717) is 6.42 Å². The van der Waals surface area contributed by atoms with Crippen LogP contribution in [0.2, 0.25) is 0 Å². The van der Waals surface area contributed by atoms with Crippen LogP contribution >= 0.6 is 0 Å². The third-order valence-corrected chi connectivity index (χ3v) is 7.13. The van der Waals surface area contributed by atoms with Gasteiger partial charge in [0.25, 0.3) is 5.91 Å². The quantitative estimate of drug-likeness (QED) is 0.278. The molecule has 2 fully saturated rings. The average Bonchev–Trinajstić information content (AvgIpc) is 3.14. The van der Waals surface area contributed by atoms with Crippen LogP contribution < -0.4 is 0 Å². The fourth-order valence-electron chi connectivity index (χ4n) is 5.32. The van der Waals surface area contributed by atoms with Crippen LogP contribution in [0, 0.1) is 5.41 Å². The lowest BCUT2D eigenvalue weighted by molar-refractivity contribution is -0.162. The predicted octanol–water partition coefficient (Wildman–Crippen LogP) is 5.37. The number of fused-ring (bicyclic) bond motifs is 1. The van der Waals surface area contributed by atoms with Gasteiger partial charge in [-0.05, 0) is 53.2 Å². The number of ether oxygens (including phenoxy) is 1. The van der Waals surface area contributed by atoms with E-state index in [-0.39, 0.29) is 17.9 Å². The van der Waals surface area contributed by atoms with Gasteiger partial charge < -0.3 is 9.64 Å². The Bertz CT molecular complexity index is 1230. The van der Waals surface area contributed by atoms with Crippen LogP contribution in [0.25, 0.3) is 6.08 Å². The summed E-state index contributed by atoms with van der Waals surface area (Å²) < 4.78 is 6.16. The number of aromatic nitrogens is 1. The van der Waals surface area contributed by atoms with Crippen molar-refractivity contribution < 1.29 is 14.3 Å². The Morgan fingerprint density at radius 3 is 2.31 bits per heavy atom. The molecule has 2 aliphatic rings. The Labute approximate surface area is 206 Å². The lowest BCUT2D eigenvalue weighted by Crippen LogP contribution is -2.58. The van der Waals surface area contributed by atoms with Crippen molar-refractivity contribution in [3.05, 3.63) is 107 Å². The summed E-state index contributed by atoms with van der Waals surface area (Å²) in [4.78, 5) is 33.0. The number of aryl methyl sites for hydroxylation is 1. The maximum Gasteiger partial charge on any atom is 0.330 e. The zero-order valence-corrected chi connectivity index (χ0v) is 20.3. The summed E-state index contributed by atoms with van der Waals surface area (Å²) in [6, 6.07) is 22.7. The summed E-state index contributed by atoms with van der Waals surface area (Å²) >= 11 is 0. The average molecular weight is 467 g/mol. The molecule has 5 rings (SSSR count). The first-order valence-electron chi connectivity index (χ1n) is 12.2. The Morgan fingerprint density at radius 2 is 1.71 bits per heavy atom. The zero-order valence-electron chi connectivity index (χ0n) is 20.3. The molecule has 0 bridgehead atoms. The van der Waals surface area contributed by atoms with Crippen molar-refractivity contribution in [2.45, 2.75) is 51.8 Å². The molecule has 0 radical (unpaired) electrons. The van der Waals surface area contributed by atoms with E-state index in [1.54, 1.807) is 11.1 Å². The van der Waals surface area contributed by atoms with Crippen molar-refractivity contribution >= 4 is 18.0 Å². The highest BCUT2D eigenvalue weighted by molar-refractivity contribution is 6.08. The van der Waals surface area contributed by atoms with Crippen LogP contribution in [0.15, 0.2) is 84.6 Å². The molecular weight excluding hydrogens is 436 g/mol. The van der Waals surface area contributed by atoms with E-state index in [1.165, 1.54) is 5.56 Å². The smallest absolute Gasteiger partial charge is 0.330 e. The molecule has 5 heteroatoms. The maximum atomic E-state index is 13.7. The summed E-state index contributed by atoms with van der Waals surface area (Å²) in [7, 11) is 0. The van der Waals surface area contributed by atoms with Crippen molar-refractivity contribution in [3.8, 4) is 0 Å². The van der Waals surface area contributed by atoms with Gasteiger partial charge in [0.2, 0.25) is 0 Å². The van der Waals surface area contributed by atoms with Gasteiger partial charge in [0, 0.05) is 11.8 Å². The number of amides is 1. The molecule has 3 heterocycles. The normalized spacial score (nSPS) is 21.7. The number of pyridine rings is 1. The first-order chi connectivity index (χ1) is 16.9. The number of benzene rings is 2. The fourth-order valence-corrected chi connectivity index (χ4v) is 5.32. The standard InChI is InChI=1S/C30H30N2O3/c1-4-20-15-16-31-23(17-20)18-24-25-19-30(2,3)27(32(25)28(24)33)29(34)35-26(21-11-7-5-8-12-21)22-13-9-6-10-14-22/h5-18,25-27H,4,19H2,1-3H3/b24-18+/t25?,27-/m0/s1. The molecule has 2 saturated heterocycles. The highest BCUT2D eigenvalue weighted by atomic mass is 16.5. The van der Waals surface area contributed by atoms with E-state index >= 15 is 0 Å². The molecule has 1 unspecified atom stereocenters. The first-order valence-corrected chi connectivity index (χ1v) is 12.2. The van der Waals surface area contributed by atoms with Gasteiger partial charge in [-0.3, -0.25) is 9.78 Å². The molecular formula is C30H30N2O3. The number of rotatable bonds is 6. The van der Waals surface area contributed by atoms with Gasteiger partial charge in [0.15, 0.2) is 6.10 Å². The maximum absolute atomic E-state index is 13.7. The largest absolute Gasteiger partial charge is 0.451 e. The van der Waals surface area contributed by atoms with Gasteiger partial charge in [-0.15, -0.1) is 0 Å². The minimum absolute atomic E-state index is 0.103. The molecule has 178 valence electrons. The summed E-state index contributed by atoms with van der Waals surface area (Å²) in [5, 5.41) is 0. The number of hydrogen-bond donors (Lipinski definition) is 0. The monoisotopic (exact) mass is 466 g/mol. The van der Waals surface area contributed by atoms with E-state index < -0.39 is 17.6 Å². The van der Waals surface area contributed by atoms with Gasteiger partial charge in [-0.2, -0.15) is 0 Å². The van der Waals surface area contributed by atoms with Gasteiger partial charge >= 0.3 is 5.97 Å². The first kappa shape index (κ1) is 23.0. The second-order valence-electron chi connectivity index (χ2n) is 10.0. The van der Waals surface area contributed by atoms with Gasteiger partial charge in [-0.1, -0.05) is 81.4 Å². The Hall–Kier alpha value is -3.73. The molecule has 0 N–H and O–H groups in total. The van der Waals surface area contributed by atoms with Crippen LogP contribution in [-0.4, -0.2) is 33.8 Å². The molecule has 0 spiro atoms. The molecule has 0 aliphatic carbocycles. The highest BCUT2D eigenvalue weighted by Crippen LogP contribution is 2.50. The van der Waals surface area contributed by atoms with Crippen LogP contribution in [0.5, 0.6) is 0 Å². The van der Waals surface area contributed by atoms with Crippen LogP contribution in [-0.2, 0) is 20.7 Å². The third kappa shape index (κ3) is 4.27. The molecule has 1 aromatic heterocycles. The molecule has 1 amide bonds. The van der Waals surface area contributed by atoms with E-state index in [2.05, 4.69) is 11.9 Å². The second kappa shape index (κ2) is 9.14. The molecule has 0 saturated carbocycles. The SMILES string of the molecule is CCc1ccnc(/C=C2/C(=O)N3C2CC(C)(C)[C@@H]3C(=O)OC(c2ccccc2)c2ccccc2)c1. The summed E-state index contributed by atoms with van der Waals surface area (Å²) in [5.41, 5.74) is 4.07. The number of esters is 1. The molecule has 2 atom stereocenters. The van der Waals surface area contributed by atoms with Crippen molar-refractivity contribution in [1.82, 2.24) is 9.88 Å². The minimum atomic E-state index is -0.637. The second-order valence-corrected chi connectivity index (χ2v) is 10.0. The van der Waals surface area contributed by atoms with Crippen molar-refractivity contribution in [2.24, 2.45) is 5.41 Å². The van der Waals surface area contributed by atoms with E-state index in [9.17, 15) is 9.59 Å². The van der Waals surface area contributed by atoms with Crippen molar-refractivity contribution in [1.29, 1.82) is 0 Å². The number of nitrogens with zero attached hydrogens (tertiary/aromatic N) is 2. The van der Waals surface area contributed by atoms with Crippen LogP contribution in [0.4, 0.5) is 0 Å². The Morgan fingerprint density at radius 1 is 1.09 bits per heavy atom. The van der Waals surface area contributed by atoms with Crippen LogP contribution in [0.3, 0.4) is 0 Å². The van der Waals surface area contributed by atoms with Gasteiger partial charge in [0.05, 0.1) is 11.7 Å². The van der Waals surface area contributed by atoms with Crippen LogP contribution in [0.1, 0.15) is 55.7 Å². The predicted molar refractivity (Wildman–Crippen MR) is 135 cm³/mol. The molecule has 2 aliphatic heterocycles. The van der Waals surface area contributed by atoms with E-state index in [0.717, 1.165) is 28.8 Å². The number of hydrogen-bond acceptors (Lipinski definition) is 4. The van der Waals surface area contributed by atoms with Gasteiger partial charge in [-0.25, -0.2) is 4.79 Å². The van der Waals surface area contributed by atoms with E-state index in [4.69, 9.17) is 4.74 Å². The fraction of sp³-hybridized carbons (Fsp3) is 0.300. The summed E-state index contributed by atoms with van der Waals surface area (Å²) in [6.45, 7) is 6.17. The van der Waals surface area contributed by atoms with Gasteiger partial charge in [0.1, 0.15) is 6.04 Å². The molecule has 35 heavy (non-hydrogen) atoms. The van der Waals surface area contributed by atoms with E-state index in [1.807, 2.05) is 92.7 Å². The Balaban J connectivity index is 1.41. The Kier molecular flexibility index (Phi) is 6.01. The molecule has 2 aromatic carbocycles. The highest BCUT2D eigenvalue weighted by Gasteiger charge is 2.61. The topological polar surface area (TPSA) is 59.5 Å². The third-order valence-electron chi connectivity index (χ3n) is 7.13. The minimum Gasteiger partial charge on any atom is -0.451 e. The summed E-state index contributed by atoms with van der Waals surface area (Å²) in [5.74, 6) is -0.476. The number of carbonyl (C=O) groups is 2. The lowest BCUT2D eigenvalue weighted by atomic mass is 9.83. The lowest BCUT2D eigenvalue weighted by Gasteiger charge is -2.41. The number of carbonyl (C=O) groups excluding carboxylic acids is 2. The van der Waals surface area contributed by atoms with Crippen molar-refractivity contribution in [2.75, 3.05) is 0 Å². The molecule has 5 nitrogen and oxygen atoms in total. The molecule has 3 aromatic rings. The summed E-state index contributed by atoms with van der Waals surface area (Å²) in [6.07, 6.45) is 4.74. The van der Waals surface area contributed by atoms with Crippen molar-refractivity contribution in [3.63, 3.8) is 0 Å². The zero-order chi connectivity index (χ0) is 24.6.